The molecule has 0 bridgehead atoms. The number of hydrogen-bond donors (Lipinski definition) is 1. The quantitative estimate of drug-likeness (QED) is 0.711. The number of thiazole rings is 1. The maximum atomic E-state index is 5.06. The van der Waals surface area contributed by atoms with Crippen molar-refractivity contribution in [2.24, 2.45) is 11.8 Å². The fourth-order valence-corrected chi connectivity index (χ4v) is 3.50. The molecule has 5 heteroatoms. The van der Waals surface area contributed by atoms with Crippen LogP contribution in [-0.4, -0.2) is 38.8 Å². The molecular weight excluding hydrogens is 270 g/mol. The molecule has 4 nitrogen and oxygen atoms in total. The lowest BCUT2D eigenvalue weighted by Gasteiger charge is -2.15. The second-order valence-corrected chi connectivity index (χ2v) is 6.81. The summed E-state index contributed by atoms with van der Waals surface area (Å²) in [7, 11) is 3.91. The predicted octanol–water partition coefficient (Wildman–Crippen LogP) is 2.53. The van der Waals surface area contributed by atoms with Crippen molar-refractivity contribution in [3.63, 3.8) is 0 Å². The summed E-state index contributed by atoms with van der Waals surface area (Å²) in [6.07, 6.45) is 2.38. The van der Waals surface area contributed by atoms with Gasteiger partial charge in [0.25, 0.3) is 0 Å². The van der Waals surface area contributed by atoms with Gasteiger partial charge in [-0.05, 0) is 24.7 Å². The number of methoxy groups -OCH3 is 1. The van der Waals surface area contributed by atoms with Crippen LogP contribution in [0, 0.1) is 11.8 Å². The fourth-order valence-electron chi connectivity index (χ4n) is 2.41. The first-order valence-corrected chi connectivity index (χ1v) is 8.36. The molecule has 2 atom stereocenters. The summed E-state index contributed by atoms with van der Waals surface area (Å²) in [6.45, 7) is 8.21. The summed E-state index contributed by atoms with van der Waals surface area (Å²) >= 11 is 1.83. The van der Waals surface area contributed by atoms with Crippen molar-refractivity contribution in [3.05, 3.63) is 10.6 Å². The fraction of sp³-hybridized carbons (Fsp3) is 0.800. The maximum absolute atomic E-state index is 5.06. The van der Waals surface area contributed by atoms with Gasteiger partial charge in [0.1, 0.15) is 0 Å². The Balaban J connectivity index is 1.90. The summed E-state index contributed by atoms with van der Waals surface area (Å²) in [5, 5.41) is 4.59. The molecule has 1 N–H and O–H groups in total. The zero-order chi connectivity index (χ0) is 14.5. The van der Waals surface area contributed by atoms with Gasteiger partial charge >= 0.3 is 0 Å². The van der Waals surface area contributed by atoms with Crippen molar-refractivity contribution in [3.8, 4) is 0 Å². The molecule has 0 amide bonds. The summed E-state index contributed by atoms with van der Waals surface area (Å²) in [6, 6.07) is 0. The molecular formula is C15H27N3OS. The van der Waals surface area contributed by atoms with E-state index >= 15 is 0 Å². The van der Waals surface area contributed by atoms with Gasteiger partial charge < -0.3 is 15.0 Å². The van der Waals surface area contributed by atoms with Crippen molar-refractivity contribution in [2.45, 2.75) is 33.2 Å². The van der Waals surface area contributed by atoms with Crippen molar-refractivity contribution < 1.29 is 4.74 Å². The van der Waals surface area contributed by atoms with E-state index in [9.17, 15) is 0 Å². The van der Waals surface area contributed by atoms with E-state index in [0.717, 1.165) is 44.5 Å². The van der Waals surface area contributed by atoms with E-state index in [1.54, 1.807) is 7.11 Å². The second-order valence-electron chi connectivity index (χ2n) is 5.74. The lowest BCUT2D eigenvalue weighted by atomic mass is 10.3. The highest BCUT2D eigenvalue weighted by Gasteiger charge is 2.33. The molecule has 0 aliphatic heterocycles. The Kier molecular flexibility index (Phi) is 5.81. The molecule has 1 saturated carbocycles. The smallest absolute Gasteiger partial charge is 0.185 e. The number of hydrogen-bond acceptors (Lipinski definition) is 5. The highest BCUT2D eigenvalue weighted by Crippen LogP contribution is 2.39. The van der Waals surface area contributed by atoms with Crippen LogP contribution in [0.15, 0.2) is 0 Å². The van der Waals surface area contributed by atoms with Gasteiger partial charge in [-0.3, -0.25) is 0 Å². The normalized spacial score (nSPS) is 21.2. The summed E-state index contributed by atoms with van der Waals surface area (Å²) in [4.78, 5) is 8.51. The third-order valence-corrected chi connectivity index (χ3v) is 5.19. The van der Waals surface area contributed by atoms with Gasteiger partial charge in [0.05, 0.1) is 12.3 Å². The Labute approximate surface area is 126 Å². The minimum atomic E-state index is 0.757. The first-order chi connectivity index (χ1) is 9.65. The molecule has 0 aromatic carbocycles. The number of nitrogens with one attached hydrogen (secondary N) is 1. The van der Waals surface area contributed by atoms with E-state index in [1.165, 1.54) is 22.1 Å². The van der Waals surface area contributed by atoms with Crippen LogP contribution in [-0.2, 0) is 17.7 Å². The summed E-state index contributed by atoms with van der Waals surface area (Å²) < 4.78 is 5.06. The molecule has 1 heterocycles. The number of aromatic nitrogens is 1. The van der Waals surface area contributed by atoms with Crippen LogP contribution in [0.5, 0.6) is 0 Å². The lowest BCUT2D eigenvalue weighted by Crippen LogP contribution is -2.20. The van der Waals surface area contributed by atoms with Crippen LogP contribution in [0.2, 0.25) is 0 Å². The average molecular weight is 297 g/mol. The van der Waals surface area contributed by atoms with E-state index in [-0.39, 0.29) is 0 Å². The van der Waals surface area contributed by atoms with Gasteiger partial charge in [-0.1, -0.05) is 13.8 Å². The first kappa shape index (κ1) is 15.7. The monoisotopic (exact) mass is 297 g/mol. The number of ether oxygens (including phenoxy) is 1. The van der Waals surface area contributed by atoms with Gasteiger partial charge in [0.2, 0.25) is 0 Å². The molecule has 0 spiro atoms. The Morgan fingerprint density at radius 3 is 2.85 bits per heavy atom. The van der Waals surface area contributed by atoms with Crippen molar-refractivity contribution in [2.75, 3.05) is 38.8 Å². The molecule has 1 fully saturated rings. The van der Waals surface area contributed by atoms with Crippen molar-refractivity contribution in [1.29, 1.82) is 0 Å². The summed E-state index contributed by atoms with van der Waals surface area (Å²) in [5.74, 6) is 1.77. The second kappa shape index (κ2) is 7.38. The molecule has 1 aliphatic rings. The summed E-state index contributed by atoms with van der Waals surface area (Å²) in [5.41, 5.74) is 1.24. The number of rotatable bonds is 9. The van der Waals surface area contributed by atoms with Crippen molar-refractivity contribution in [1.82, 2.24) is 10.3 Å². The zero-order valence-corrected chi connectivity index (χ0v) is 13.9. The SMILES string of the molecule is CCc1nc(N(C)CC2CC2C)sc1CNCCOC. The minimum absolute atomic E-state index is 0.757. The molecule has 20 heavy (non-hydrogen) atoms. The van der Waals surface area contributed by atoms with Crippen LogP contribution in [0.25, 0.3) is 0 Å². The number of aryl methyl sites for hydroxylation is 1. The van der Waals surface area contributed by atoms with Gasteiger partial charge in [-0.2, -0.15) is 0 Å². The predicted molar refractivity (Wildman–Crippen MR) is 85.6 cm³/mol. The van der Waals surface area contributed by atoms with Crippen LogP contribution >= 0.6 is 11.3 Å². The Bertz CT molecular complexity index is 421. The molecule has 2 rings (SSSR count). The van der Waals surface area contributed by atoms with E-state index in [4.69, 9.17) is 9.72 Å². The van der Waals surface area contributed by atoms with Gasteiger partial charge in [0.15, 0.2) is 5.13 Å². The first-order valence-electron chi connectivity index (χ1n) is 7.55. The molecule has 1 aromatic heterocycles. The zero-order valence-electron chi connectivity index (χ0n) is 13.1. The molecule has 114 valence electrons. The molecule has 0 saturated heterocycles. The van der Waals surface area contributed by atoms with E-state index in [1.807, 2.05) is 11.3 Å². The van der Waals surface area contributed by atoms with Crippen LogP contribution in [0.3, 0.4) is 0 Å². The Morgan fingerprint density at radius 1 is 1.50 bits per heavy atom. The third kappa shape index (κ3) is 4.17. The minimum Gasteiger partial charge on any atom is -0.383 e. The standard InChI is InChI=1S/C15H27N3OS/c1-5-13-14(9-16-6-7-19-4)20-15(17-13)18(3)10-12-8-11(12)2/h11-12,16H,5-10H2,1-4H3. The number of anilines is 1. The van der Waals surface area contributed by atoms with Crippen molar-refractivity contribution >= 4 is 16.5 Å². The molecule has 1 aromatic rings. The van der Waals surface area contributed by atoms with E-state index in [0.29, 0.717) is 0 Å². The molecule has 1 aliphatic carbocycles. The van der Waals surface area contributed by atoms with Gasteiger partial charge in [0, 0.05) is 38.7 Å². The number of nitrogens with zero attached hydrogens (tertiary/aromatic N) is 2. The van der Waals surface area contributed by atoms with Gasteiger partial charge in [-0.25, -0.2) is 4.98 Å². The third-order valence-electron chi connectivity index (χ3n) is 3.98. The van der Waals surface area contributed by atoms with Crippen LogP contribution in [0.4, 0.5) is 5.13 Å². The largest absolute Gasteiger partial charge is 0.383 e. The van der Waals surface area contributed by atoms with Crippen LogP contribution < -0.4 is 10.2 Å². The lowest BCUT2D eigenvalue weighted by molar-refractivity contribution is 0.199. The van der Waals surface area contributed by atoms with E-state index in [2.05, 4.69) is 31.1 Å². The van der Waals surface area contributed by atoms with Gasteiger partial charge in [-0.15, -0.1) is 11.3 Å². The molecule has 0 radical (unpaired) electrons. The average Bonchev–Trinajstić information content (AvgIpc) is 2.98. The topological polar surface area (TPSA) is 37.4 Å². The van der Waals surface area contributed by atoms with E-state index < -0.39 is 0 Å². The highest BCUT2D eigenvalue weighted by molar-refractivity contribution is 7.15. The Hall–Kier alpha value is -0.650. The maximum Gasteiger partial charge on any atom is 0.185 e. The van der Waals surface area contributed by atoms with Crippen LogP contribution in [0.1, 0.15) is 30.8 Å². The highest BCUT2D eigenvalue weighted by atomic mass is 32.1. The Morgan fingerprint density at radius 2 is 2.25 bits per heavy atom. The molecule has 2 unspecified atom stereocenters.